The first-order chi connectivity index (χ1) is 17.0. The van der Waals surface area contributed by atoms with Gasteiger partial charge in [0.25, 0.3) is 11.5 Å². The smallest absolute Gasteiger partial charge is 0.269 e. The van der Waals surface area contributed by atoms with Crippen LogP contribution >= 0.6 is 35.6 Å². The summed E-state index contributed by atoms with van der Waals surface area (Å²) in [5, 5.41) is 0.572. The molecule has 0 bridgehead atoms. The van der Waals surface area contributed by atoms with Gasteiger partial charge in [-0.25, -0.2) is 8.42 Å². The number of halogens is 1. The van der Waals surface area contributed by atoms with Crippen molar-refractivity contribution in [3.63, 3.8) is 0 Å². The van der Waals surface area contributed by atoms with Crippen molar-refractivity contribution in [2.24, 2.45) is 0 Å². The number of hydrogen-bond acceptors (Lipinski definition) is 8. The first-order valence-electron chi connectivity index (χ1n) is 11.0. The average Bonchev–Trinajstić information content (AvgIpc) is 3.31. The Balaban J connectivity index is 1.61. The number of nitrogens with zero attached hydrogens (tertiary/aromatic N) is 3. The van der Waals surface area contributed by atoms with Crippen LogP contribution in [0.2, 0.25) is 5.02 Å². The number of rotatable bonds is 4. The number of carbonyl (C=O) groups excluding carboxylic acids is 1. The lowest BCUT2D eigenvalue weighted by atomic mass is 10.2. The number of carbonyl (C=O) groups is 1. The summed E-state index contributed by atoms with van der Waals surface area (Å²) in [5.41, 5.74) is 1.64. The molecule has 1 aromatic carbocycles. The topological polar surface area (TPSA) is 98.1 Å². The molecule has 186 valence electrons. The average molecular weight is 562 g/mol. The molecule has 5 rings (SSSR count). The highest BCUT2D eigenvalue weighted by Crippen LogP contribution is 2.37. The fourth-order valence-corrected chi connectivity index (χ4v) is 7.39. The van der Waals surface area contributed by atoms with Crippen LogP contribution < -0.4 is 10.3 Å². The summed E-state index contributed by atoms with van der Waals surface area (Å²) in [7, 11) is -3.21. The predicted octanol–water partition coefficient (Wildman–Crippen LogP) is 4.15. The standard InChI is InChI=1S/C24H20ClN3O5S3/c1-13-4-3-8-27-20(13)26-21(33-16-5-6-18(25)14(2)10-16)17(22(27)29)11-19-23(30)28(24(34)35-19)15-7-9-36(31,32)12-15/h3-6,8,10-11,15H,7,9,12H2,1-2H3/b19-11+. The van der Waals surface area contributed by atoms with Crippen LogP contribution in [0.1, 0.15) is 23.1 Å². The van der Waals surface area contributed by atoms with Gasteiger partial charge in [-0.05, 0) is 61.7 Å². The Morgan fingerprint density at radius 2 is 2.00 bits per heavy atom. The van der Waals surface area contributed by atoms with Crippen molar-refractivity contribution < 1.29 is 17.9 Å². The second-order valence-corrected chi connectivity index (χ2v) is 13.0. The number of fused-ring (bicyclic) bond motifs is 1. The van der Waals surface area contributed by atoms with Gasteiger partial charge in [-0.3, -0.25) is 18.9 Å². The predicted molar refractivity (Wildman–Crippen MR) is 145 cm³/mol. The Kier molecular flexibility index (Phi) is 6.44. The molecule has 2 aliphatic heterocycles. The monoisotopic (exact) mass is 561 g/mol. The molecule has 0 aliphatic carbocycles. The van der Waals surface area contributed by atoms with Crippen molar-refractivity contribution in [3.05, 3.63) is 73.5 Å². The number of aromatic nitrogens is 2. The van der Waals surface area contributed by atoms with Gasteiger partial charge in [0.2, 0.25) is 5.88 Å². The maximum Gasteiger partial charge on any atom is 0.269 e. The Morgan fingerprint density at radius 1 is 1.22 bits per heavy atom. The Bertz CT molecular complexity index is 1650. The largest absolute Gasteiger partial charge is 0.438 e. The number of amides is 1. The van der Waals surface area contributed by atoms with E-state index in [-0.39, 0.29) is 32.2 Å². The van der Waals surface area contributed by atoms with Crippen molar-refractivity contribution in [1.29, 1.82) is 0 Å². The molecule has 0 radical (unpaired) electrons. The molecule has 8 nitrogen and oxygen atoms in total. The minimum atomic E-state index is -3.21. The van der Waals surface area contributed by atoms with Crippen LogP contribution in [0, 0.1) is 13.8 Å². The third-order valence-corrected chi connectivity index (χ3v) is 9.57. The molecular formula is C24H20ClN3O5S3. The number of aryl methyl sites for hydroxylation is 2. The van der Waals surface area contributed by atoms with Gasteiger partial charge < -0.3 is 4.74 Å². The second-order valence-electron chi connectivity index (χ2n) is 8.64. The quantitative estimate of drug-likeness (QED) is 0.346. The molecule has 4 heterocycles. The molecule has 1 amide bonds. The highest BCUT2D eigenvalue weighted by Gasteiger charge is 2.42. The summed E-state index contributed by atoms with van der Waals surface area (Å²) in [6, 6.07) is 8.14. The number of hydrogen-bond donors (Lipinski definition) is 0. The van der Waals surface area contributed by atoms with Crippen molar-refractivity contribution in [3.8, 4) is 11.6 Å². The minimum Gasteiger partial charge on any atom is -0.438 e. The van der Waals surface area contributed by atoms with Crippen LogP contribution in [-0.2, 0) is 14.6 Å². The molecule has 0 N–H and O–H groups in total. The highest BCUT2D eigenvalue weighted by atomic mass is 35.5. The van der Waals surface area contributed by atoms with E-state index in [2.05, 4.69) is 4.98 Å². The fourth-order valence-electron chi connectivity index (χ4n) is 4.19. The number of sulfone groups is 1. The number of pyridine rings is 1. The summed E-state index contributed by atoms with van der Waals surface area (Å²) in [4.78, 5) is 33.0. The van der Waals surface area contributed by atoms with Crippen LogP contribution in [0.15, 0.2) is 46.2 Å². The summed E-state index contributed by atoms with van der Waals surface area (Å²) in [6.07, 6.45) is 3.34. The van der Waals surface area contributed by atoms with E-state index in [1.807, 2.05) is 19.9 Å². The molecule has 2 fully saturated rings. The van der Waals surface area contributed by atoms with Gasteiger partial charge >= 0.3 is 0 Å². The van der Waals surface area contributed by atoms with Gasteiger partial charge in [-0.15, -0.1) is 0 Å². The molecule has 1 atom stereocenters. The SMILES string of the molecule is Cc1cc(Oc2nc3c(C)cccn3c(=O)c2/C=C2/SC(=S)N(C3CCS(=O)(=O)C3)C2=O)ccc1Cl. The normalized spacial score (nSPS) is 20.6. The van der Waals surface area contributed by atoms with Gasteiger partial charge in [0.15, 0.2) is 9.84 Å². The summed E-state index contributed by atoms with van der Waals surface area (Å²) < 4.78 is 31.6. The highest BCUT2D eigenvalue weighted by molar-refractivity contribution is 8.26. The van der Waals surface area contributed by atoms with Gasteiger partial charge in [0, 0.05) is 11.2 Å². The lowest BCUT2D eigenvalue weighted by molar-refractivity contribution is -0.123. The maximum absolute atomic E-state index is 13.5. The van der Waals surface area contributed by atoms with Gasteiger partial charge in [0.05, 0.1) is 22.5 Å². The molecule has 2 aliphatic rings. The second kappa shape index (κ2) is 9.29. The summed E-state index contributed by atoms with van der Waals surface area (Å²) in [6.45, 7) is 3.66. The molecule has 0 spiro atoms. The molecule has 2 saturated heterocycles. The third-order valence-electron chi connectivity index (χ3n) is 6.07. The number of ether oxygens (including phenoxy) is 1. The first kappa shape index (κ1) is 24.9. The van der Waals surface area contributed by atoms with Crippen LogP contribution in [0.5, 0.6) is 11.6 Å². The van der Waals surface area contributed by atoms with Gasteiger partial charge in [-0.2, -0.15) is 4.98 Å². The first-order valence-corrected chi connectivity index (χ1v) is 14.4. The van der Waals surface area contributed by atoms with E-state index in [0.717, 1.165) is 22.9 Å². The number of benzene rings is 1. The van der Waals surface area contributed by atoms with E-state index >= 15 is 0 Å². The third kappa shape index (κ3) is 4.56. The lowest BCUT2D eigenvalue weighted by Crippen LogP contribution is -2.39. The van der Waals surface area contributed by atoms with E-state index in [1.165, 1.54) is 15.4 Å². The Hall–Kier alpha value is -2.73. The van der Waals surface area contributed by atoms with Crippen molar-refractivity contribution in [2.75, 3.05) is 11.5 Å². The zero-order valence-electron chi connectivity index (χ0n) is 19.2. The van der Waals surface area contributed by atoms with E-state index in [9.17, 15) is 18.0 Å². The van der Waals surface area contributed by atoms with Crippen molar-refractivity contribution >= 4 is 67.4 Å². The maximum atomic E-state index is 13.5. The molecule has 2 aromatic heterocycles. The van der Waals surface area contributed by atoms with Crippen LogP contribution in [-0.4, -0.2) is 50.5 Å². The molecule has 36 heavy (non-hydrogen) atoms. The van der Waals surface area contributed by atoms with E-state index in [0.29, 0.717) is 22.8 Å². The Morgan fingerprint density at radius 3 is 2.69 bits per heavy atom. The van der Waals surface area contributed by atoms with Gasteiger partial charge in [-0.1, -0.05) is 41.6 Å². The van der Waals surface area contributed by atoms with Crippen molar-refractivity contribution in [1.82, 2.24) is 14.3 Å². The Labute approximate surface area is 221 Å². The molecule has 12 heteroatoms. The fraction of sp³-hybridized carbons (Fsp3) is 0.250. The zero-order chi connectivity index (χ0) is 25.8. The van der Waals surface area contributed by atoms with E-state index < -0.39 is 27.3 Å². The van der Waals surface area contributed by atoms with Crippen LogP contribution in [0.4, 0.5) is 0 Å². The molecule has 3 aromatic rings. The summed E-state index contributed by atoms with van der Waals surface area (Å²) >= 11 is 12.6. The van der Waals surface area contributed by atoms with Crippen LogP contribution in [0.25, 0.3) is 11.7 Å². The molecule has 0 saturated carbocycles. The summed E-state index contributed by atoms with van der Waals surface area (Å²) in [5.74, 6) is -0.0863. The number of thiocarbonyl (C=S) groups is 1. The van der Waals surface area contributed by atoms with E-state index in [1.54, 1.807) is 30.5 Å². The lowest BCUT2D eigenvalue weighted by Gasteiger charge is -2.20. The van der Waals surface area contributed by atoms with E-state index in [4.69, 9.17) is 28.6 Å². The molecule has 1 unspecified atom stereocenters. The van der Waals surface area contributed by atoms with Crippen molar-refractivity contribution in [2.45, 2.75) is 26.3 Å². The minimum absolute atomic E-state index is 0.0154. The zero-order valence-corrected chi connectivity index (χ0v) is 22.4. The van der Waals surface area contributed by atoms with Gasteiger partial charge in [0.1, 0.15) is 21.3 Å². The number of thioether (sulfide) groups is 1. The molecular weight excluding hydrogens is 542 g/mol. The van der Waals surface area contributed by atoms with Crippen LogP contribution in [0.3, 0.4) is 0 Å².